The Kier molecular flexibility index (Phi) is 7.80. The molecule has 0 radical (unpaired) electrons. The molecule has 6 nitrogen and oxygen atoms in total. The molecule has 1 saturated heterocycles. The van der Waals surface area contributed by atoms with Crippen molar-refractivity contribution in [3.8, 4) is 0 Å². The molecule has 8 heteroatoms. The topological polar surface area (TPSA) is 75.7 Å². The van der Waals surface area contributed by atoms with E-state index in [1.165, 1.54) is 21.6 Å². The van der Waals surface area contributed by atoms with Gasteiger partial charge in [0.15, 0.2) is 0 Å². The molecule has 0 atom stereocenters. The van der Waals surface area contributed by atoms with Crippen molar-refractivity contribution in [1.29, 1.82) is 0 Å². The van der Waals surface area contributed by atoms with Crippen LogP contribution >= 0.6 is 11.8 Å². The maximum Gasteiger partial charge on any atom is 0.243 e. The van der Waals surface area contributed by atoms with E-state index in [0.717, 1.165) is 10.5 Å². The molecule has 1 fully saturated rings. The summed E-state index contributed by atoms with van der Waals surface area (Å²) in [5.41, 5.74) is 2.23. The van der Waals surface area contributed by atoms with E-state index in [4.69, 9.17) is 4.74 Å². The Morgan fingerprint density at radius 2 is 1.65 bits per heavy atom. The maximum absolute atomic E-state index is 12.7. The fourth-order valence-corrected chi connectivity index (χ4v) is 5.30. The molecule has 2 aromatic carbocycles. The molecule has 0 saturated carbocycles. The summed E-state index contributed by atoms with van der Waals surface area (Å²) >= 11 is 1.50. The highest BCUT2D eigenvalue weighted by atomic mass is 32.2. The second kappa shape index (κ2) is 10.2. The van der Waals surface area contributed by atoms with Crippen LogP contribution in [0.5, 0.6) is 0 Å². The van der Waals surface area contributed by atoms with E-state index in [9.17, 15) is 13.2 Å². The van der Waals surface area contributed by atoms with Gasteiger partial charge in [-0.2, -0.15) is 4.31 Å². The zero-order chi connectivity index (χ0) is 22.5. The van der Waals surface area contributed by atoms with E-state index in [2.05, 4.69) is 38.2 Å². The van der Waals surface area contributed by atoms with Gasteiger partial charge in [0, 0.05) is 24.5 Å². The van der Waals surface area contributed by atoms with Crippen LogP contribution < -0.4 is 5.32 Å². The number of morpholine rings is 1. The summed E-state index contributed by atoms with van der Waals surface area (Å²) in [5.74, 6) is 0.271. The van der Waals surface area contributed by atoms with Crippen LogP contribution in [0.4, 0.5) is 0 Å². The molecule has 1 heterocycles. The number of benzene rings is 2. The van der Waals surface area contributed by atoms with E-state index >= 15 is 0 Å². The van der Waals surface area contributed by atoms with Crippen molar-refractivity contribution in [2.24, 2.45) is 0 Å². The van der Waals surface area contributed by atoms with Gasteiger partial charge >= 0.3 is 0 Å². The van der Waals surface area contributed by atoms with Crippen molar-refractivity contribution in [2.45, 2.75) is 42.5 Å². The van der Waals surface area contributed by atoms with Gasteiger partial charge in [-0.05, 0) is 40.8 Å². The van der Waals surface area contributed by atoms with Crippen molar-refractivity contribution >= 4 is 27.7 Å². The molecule has 0 aromatic heterocycles. The number of ether oxygens (including phenoxy) is 1. The van der Waals surface area contributed by atoms with Crippen LogP contribution in [-0.2, 0) is 31.5 Å². The Hall–Kier alpha value is -1.87. The first-order valence-corrected chi connectivity index (χ1v) is 12.8. The monoisotopic (exact) mass is 462 g/mol. The van der Waals surface area contributed by atoms with Crippen LogP contribution in [0.3, 0.4) is 0 Å². The van der Waals surface area contributed by atoms with Gasteiger partial charge in [0.05, 0.1) is 23.9 Å². The predicted molar refractivity (Wildman–Crippen MR) is 124 cm³/mol. The van der Waals surface area contributed by atoms with Gasteiger partial charge in [-0.1, -0.05) is 45.0 Å². The minimum absolute atomic E-state index is 0.0603. The van der Waals surface area contributed by atoms with Crippen molar-refractivity contribution < 1.29 is 17.9 Å². The fraction of sp³-hybridized carbons (Fsp3) is 0.435. The lowest BCUT2D eigenvalue weighted by Crippen LogP contribution is -2.40. The summed E-state index contributed by atoms with van der Waals surface area (Å²) < 4.78 is 32.0. The zero-order valence-electron chi connectivity index (χ0n) is 18.3. The number of carbonyl (C=O) groups excluding carboxylic acids is 1. The molecule has 168 valence electrons. The summed E-state index contributed by atoms with van der Waals surface area (Å²) in [6, 6.07) is 15.0. The van der Waals surface area contributed by atoms with Gasteiger partial charge in [-0.25, -0.2) is 8.42 Å². The summed E-state index contributed by atoms with van der Waals surface area (Å²) in [4.78, 5) is 13.5. The zero-order valence-corrected chi connectivity index (χ0v) is 19.9. The normalized spacial score (nSPS) is 15.6. The minimum Gasteiger partial charge on any atom is -0.379 e. The second-order valence-corrected chi connectivity index (χ2v) is 11.5. The van der Waals surface area contributed by atoms with E-state index in [0.29, 0.717) is 38.6 Å². The van der Waals surface area contributed by atoms with Crippen LogP contribution in [-0.4, -0.2) is 50.7 Å². The highest BCUT2D eigenvalue weighted by Gasteiger charge is 2.26. The van der Waals surface area contributed by atoms with Crippen LogP contribution in [0.15, 0.2) is 58.3 Å². The molecule has 1 N–H and O–H groups in total. The molecule has 0 aliphatic carbocycles. The van der Waals surface area contributed by atoms with Gasteiger partial charge in [-0.3, -0.25) is 4.79 Å². The summed E-state index contributed by atoms with van der Waals surface area (Å²) in [6.07, 6.45) is 0. The number of nitrogens with one attached hydrogen (secondary N) is 1. The molecular formula is C23H30N2O4S2. The summed E-state index contributed by atoms with van der Waals surface area (Å²) in [7, 11) is -3.50. The van der Waals surface area contributed by atoms with Gasteiger partial charge in [-0.15, -0.1) is 11.8 Å². The average Bonchev–Trinajstić information content (AvgIpc) is 2.77. The molecule has 31 heavy (non-hydrogen) atoms. The fourth-order valence-electron chi connectivity index (χ4n) is 3.17. The first-order valence-electron chi connectivity index (χ1n) is 10.3. The lowest BCUT2D eigenvalue weighted by Gasteiger charge is -2.26. The number of nitrogens with zero attached hydrogens (tertiary/aromatic N) is 1. The number of amides is 1. The molecular weight excluding hydrogens is 432 g/mol. The van der Waals surface area contributed by atoms with Crippen LogP contribution in [0.1, 0.15) is 31.9 Å². The van der Waals surface area contributed by atoms with Crippen LogP contribution in [0.2, 0.25) is 0 Å². The largest absolute Gasteiger partial charge is 0.379 e. The molecule has 1 aliphatic heterocycles. The van der Waals surface area contributed by atoms with Gasteiger partial charge in [0.1, 0.15) is 0 Å². The Morgan fingerprint density at radius 1 is 1.03 bits per heavy atom. The number of hydrogen-bond acceptors (Lipinski definition) is 5. The van der Waals surface area contributed by atoms with Gasteiger partial charge in [0.25, 0.3) is 0 Å². The third kappa shape index (κ3) is 6.55. The average molecular weight is 463 g/mol. The molecule has 3 rings (SSSR count). The van der Waals surface area contributed by atoms with Crippen LogP contribution in [0.25, 0.3) is 0 Å². The van der Waals surface area contributed by atoms with E-state index in [-0.39, 0.29) is 16.2 Å². The quantitative estimate of drug-likeness (QED) is 0.638. The molecule has 2 aromatic rings. The lowest BCUT2D eigenvalue weighted by molar-refractivity contribution is -0.118. The Bertz CT molecular complexity index is 976. The van der Waals surface area contributed by atoms with E-state index in [1.807, 2.05) is 12.1 Å². The second-order valence-electron chi connectivity index (χ2n) is 8.50. The van der Waals surface area contributed by atoms with Crippen molar-refractivity contribution in [2.75, 3.05) is 32.1 Å². The van der Waals surface area contributed by atoms with E-state index < -0.39 is 10.0 Å². The van der Waals surface area contributed by atoms with Gasteiger partial charge in [0.2, 0.25) is 15.9 Å². The summed E-state index contributed by atoms with van der Waals surface area (Å²) in [6.45, 7) is 8.46. The predicted octanol–water partition coefficient (Wildman–Crippen LogP) is 3.41. The number of hydrogen-bond donors (Lipinski definition) is 1. The first-order chi connectivity index (χ1) is 14.7. The summed E-state index contributed by atoms with van der Waals surface area (Å²) in [5, 5.41) is 2.89. The number of sulfonamides is 1. The van der Waals surface area contributed by atoms with Crippen molar-refractivity contribution in [3.63, 3.8) is 0 Å². The molecule has 0 spiro atoms. The minimum atomic E-state index is -3.50. The standard InChI is InChI=1S/C23H30N2O4S2/c1-23(2,3)19-6-8-20(9-7-19)30-17-22(26)24-16-18-4-10-21(11-5-18)31(27,28)25-12-14-29-15-13-25/h4-11H,12-17H2,1-3H3,(H,24,26). The SMILES string of the molecule is CC(C)(C)c1ccc(SCC(=O)NCc2ccc(S(=O)(=O)N3CCOCC3)cc2)cc1. The molecule has 0 bridgehead atoms. The first kappa shape index (κ1) is 23.8. The van der Waals surface area contributed by atoms with Crippen molar-refractivity contribution in [1.82, 2.24) is 9.62 Å². The number of thioether (sulfide) groups is 1. The molecule has 0 unspecified atom stereocenters. The number of carbonyl (C=O) groups is 1. The Labute approximate surface area is 189 Å². The Morgan fingerprint density at radius 3 is 2.23 bits per heavy atom. The highest BCUT2D eigenvalue weighted by molar-refractivity contribution is 8.00. The van der Waals surface area contributed by atoms with Crippen molar-refractivity contribution in [3.05, 3.63) is 59.7 Å². The molecule has 1 aliphatic rings. The maximum atomic E-state index is 12.7. The molecule has 1 amide bonds. The number of rotatable bonds is 7. The highest BCUT2D eigenvalue weighted by Crippen LogP contribution is 2.25. The third-order valence-electron chi connectivity index (χ3n) is 5.11. The smallest absolute Gasteiger partial charge is 0.243 e. The third-order valence-corrected chi connectivity index (χ3v) is 8.04. The lowest BCUT2D eigenvalue weighted by atomic mass is 9.87. The van der Waals surface area contributed by atoms with E-state index in [1.54, 1.807) is 24.3 Å². The Balaban J connectivity index is 1.48. The van der Waals surface area contributed by atoms with Gasteiger partial charge < -0.3 is 10.1 Å². The van der Waals surface area contributed by atoms with Crippen LogP contribution in [0, 0.1) is 0 Å².